The maximum Gasteiger partial charge on any atom is 0.257 e. The second kappa shape index (κ2) is 5.78. The number of piperazine rings is 1. The third-order valence-corrected chi connectivity index (χ3v) is 4.05. The van der Waals surface area contributed by atoms with Gasteiger partial charge in [-0.05, 0) is 18.2 Å². The van der Waals surface area contributed by atoms with E-state index in [0.29, 0.717) is 31.9 Å². The van der Waals surface area contributed by atoms with Gasteiger partial charge in [0, 0.05) is 26.2 Å². The highest BCUT2D eigenvalue weighted by atomic mass is 32.2. The third-order valence-electron chi connectivity index (χ3n) is 3.13. The van der Waals surface area contributed by atoms with Crippen molar-refractivity contribution in [2.45, 2.75) is 4.90 Å². The van der Waals surface area contributed by atoms with Crippen molar-refractivity contribution in [2.75, 3.05) is 33.3 Å². The molecule has 0 saturated carbocycles. The van der Waals surface area contributed by atoms with E-state index < -0.39 is 10.0 Å². The monoisotopic (exact) mass is 299 g/mol. The average Bonchev–Trinajstić information content (AvgIpc) is 2.45. The van der Waals surface area contributed by atoms with Crippen LogP contribution < -0.4 is 15.2 Å². The number of carbonyl (C=O) groups is 1. The van der Waals surface area contributed by atoms with Crippen LogP contribution in [0, 0.1) is 0 Å². The first-order valence-corrected chi connectivity index (χ1v) is 7.69. The van der Waals surface area contributed by atoms with Crippen molar-refractivity contribution in [3.8, 4) is 5.75 Å². The third kappa shape index (κ3) is 3.09. The summed E-state index contributed by atoms with van der Waals surface area (Å²) in [6.45, 7) is 2.56. The van der Waals surface area contributed by atoms with Crippen molar-refractivity contribution >= 4 is 15.9 Å². The number of benzene rings is 1. The molecule has 1 saturated heterocycles. The molecule has 1 aliphatic rings. The van der Waals surface area contributed by atoms with Crippen LogP contribution in [0.5, 0.6) is 5.75 Å². The van der Waals surface area contributed by atoms with Gasteiger partial charge in [-0.25, -0.2) is 13.6 Å². The quantitative estimate of drug-likeness (QED) is 0.775. The van der Waals surface area contributed by atoms with E-state index in [4.69, 9.17) is 9.88 Å². The van der Waals surface area contributed by atoms with Gasteiger partial charge in [-0.15, -0.1) is 0 Å². The predicted octanol–water partition coefficient (Wildman–Crippen LogP) is -0.612. The number of ether oxygens (including phenoxy) is 1. The number of nitrogens with one attached hydrogen (secondary N) is 1. The first kappa shape index (κ1) is 14.8. The normalized spacial score (nSPS) is 16.0. The zero-order valence-electron chi connectivity index (χ0n) is 11.1. The van der Waals surface area contributed by atoms with Gasteiger partial charge in [0.2, 0.25) is 10.0 Å². The van der Waals surface area contributed by atoms with Gasteiger partial charge < -0.3 is 15.0 Å². The number of hydrogen-bond donors (Lipinski definition) is 2. The Balaban J connectivity index is 2.39. The molecule has 0 bridgehead atoms. The fourth-order valence-corrected chi connectivity index (χ4v) is 2.61. The second-order valence-corrected chi connectivity index (χ2v) is 6.01. The number of nitrogens with two attached hydrogens (primary N) is 1. The molecule has 0 atom stereocenters. The van der Waals surface area contributed by atoms with Crippen LogP contribution in [-0.2, 0) is 10.0 Å². The minimum Gasteiger partial charge on any atom is -0.496 e. The molecule has 20 heavy (non-hydrogen) atoms. The van der Waals surface area contributed by atoms with Crippen LogP contribution >= 0.6 is 0 Å². The second-order valence-electron chi connectivity index (χ2n) is 4.45. The topological polar surface area (TPSA) is 102 Å². The maximum atomic E-state index is 12.4. The molecule has 110 valence electrons. The standard InChI is InChI=1S/C12H17N3O4S/c1-19-11-3-2-9(20(13,17)18)8-10(11)12(16)15-6-4-14-5-7-15/h2-3,8,14H,4-7H2,1H3,(H2,13,17,18). The van der Waals surface area contributed by atoms with Gasteiger partial charge >= 0.3 is 0 Å². The van der Waals surface area contributed by atoms with Crippen molar-refractivity contribution in [3.63, 3.8) is 0 Å². The Kier molecular flexibility index (Phi) is 4.26. The summed E-state index contributed by atoms with van der Waals surface area (Å²) in [7, 11) is -2.42. The van der Waals surface area contributed by atoms with E-state index in [1.807, 2.05) is 0 Å². The molecule has 1 fully saturated rings. The zero-order valence-corrected chi connectivity index (χ0v) is 11.9. The van der Waals surface area contributed by atoms with Gasteiger partial charge in [0.1, 0.15) is 5.75 Å². The van der Waals surface area contributed by atoms with Crippen LogP contribution in [0.1, 0.15) is 10.4 Å². The van der Waals surface area contributed by atoms with E-state index in [2.05, 4.69) is 5.32 Å². The molecular formula is C12H17N3O4S. The Morgan fingerprint density at radius 2 is 2.00 bits per heavy atom. The number of nitrogens with zero attached hydrogens (tertiary/aromatic N) is 1. The van der Waals surface area contributed by atoms with Crippen LogP contribution in [0.3, 0.4) is 0 Å². The Morgan fingerprint density at radius 1 is 1.35 bits per heavy atom. The Morgan fingerprint density at radius 3 is 2.55 bits per heavy atom. The lowest BCUT2D eigenvalue weighted by Crippen LogP contribution is -2.46. The number of sulfonamides is 1. The molecule has 0 spiro atoms. The van der Waals surface area contributed by atoms with Crippen LogP contribution in [0.15, 0.2) is 23.1 Å². The van der Waals surface area contributed by atoms with Crippen LogP contribution in [0.25, 0.3) is 0 Å². The molecule has 1 aromatic carbocycles. The predicted molar refractivity (Wildman–Crippen MR) is 73.1 cm³/mol. The summed E-state index contributed by atoms with van der Waals surface area (Å²) in [6, 6.07) is 4.02. The summed E-state index contributed by atoms with van der Waals surface area (Å²) in [5.41, 5.74) is 0.209. The molecule has 0 unspecified atom stereocenters. The van der Waals surface area contributed by atoms with Gasteiger partial charge in [0.05, 0.1) is 17.6 Å². The van der Waals surface area contributed by atoms with E-state index in [1.54, 1.807) is 4.90 Å². The summed E-state index contributed by atoms with van der Waals surface area (Å²) in [5.74, 6) is 0.0785. The van der Waals surface area contributed by atoms with Crippen molar-refractivity contribution in [2.24, 2.45) is 5.14 Å². The highest BCUT2D eigenvalue weighted by Gasteiger charge is 2.23. The lowest BCUT2D eigenvalue weighted by molar-refractivity contribution is 0.0732. The van der Waals surface area contributed by atoms with Gasteiger partial charge in [-0.3, -0.25) is 4.79 Å². The number of amides is 1. The number of primary sulfonamides is 1. The zero-order chi connectivity index (χ0) is 14.8. The molecule has 1 aliphatic heterocycles. The molecular weight excluding hydrogens is 282 g/mol. The minimum absolute atomic E-state index is 0.100. The molecule has 0 aromatic heterocycles. The highest BCUT2D eigenvalue weighted by molar-refractivity contribution is 7.89. The Bertz CT molecular complexity index is 609. The summed E-state index contributed by atoms with van der Waals surface area (Å²) in [6.07, 6.45) is 0. The minimum atomic E-state index is -3.85. The SMILES string of the molecule is COc1ccc(S(N)(=O)=O)cc1C(=O)N1CCNCC1. The molecule has 3 N–H and O–H groups in total. The molecule has 1 aromatic rings. The molecule has 2 rings (SSSR count). The number of methoxy groups -OCH3 is 1. The highest BCUT2D eigenvalue weighted by Crippen LogP contribution is 2.23. The molecule has 1 heterocycles. The summed E-state index contributed by atoms with van der Waals surface area (Å²) in [4.78, 5) is 14.0. The van der Waals surface area contributed by atoms with Crippen molar-refractivity contribution in [3.05, 3.63) is 23.8 Å². The molecule has 7 nitrogen and oxygen atoms in total. The average molecular weight is 299 g/mol. The van der Waals surface area contributed by atoms with Crippen molar-refractivity contribution < 1.29 is 17.9 Å². The van der Waals surface area contributed by atoms with Crippen molar-refractivity contribution in [1.82, 2.24) is 10.2 Å². The largest absolute Gasteiger partial charge is 0.496 e. The molecule has 1 amide bonds. The first-order chi connectivity index (χ1) is 9.43. The van der Waals surface area contributed by atoms with Gasteiger partial charge in [0.25, 0.3) is 5.91 Å². The summed E-state index contributed by atoms with van der Waals surface area (Å²) < 4.78 is 27.9. The van der Waals surface area contributed by atoms with Gasteiger partial charge in [-0.2, -0.15) is 0 Å². The lowest BCUT2D eigenvalue weighted by atomic mass is 10.1. The molecule has 0 aliphatic carbocycles. The molecule has 8 heteroatoms. The fraction of sp³-hybridized carbons (Fsp3) is 0.417. The van der Waals surface area contributed by atoms with E-state index in [1.165, 1.54) is 25.3 Å². The van der Waals surface area contributed by atoms with Gasteiger partial charge in [-0.1, -0.05) is 0 Å². The number of rotatable bonds is 3. The smallest absolute Gasteiger partial charge is 0.257 e. The maximum absolute atomic E-state index is 12.4. The van der Waals surface area contributed by atoms with Gasteiger partial charge in [0.15, 0.2) is 0 Å². The Hall–Kier alpha value is -1.64. The first-order valence-electron chi connectivity index (χ1n) is 6.14. The van der Waals surface area contributed by atoms with E-state index in [0.717, 1.165) is 0 Å². The van der Waals surface area contributed by atoms with Crippen LogP contribution in [0.4, 0.5) is 0 Å². The molecule has 0 radical (unpaired) electrons. The van der Waals surface area contributed by atoms with E-state index in [-0.39, 0.29) is 16.4 Å². The van der Waals surface area contributed by atoms with E-state index >= 15 is 0 Å². The summed E-state index contributed by atoms with van der Waals surface area (Å²) in [5, 5.41) is 8.24. The van der Waals surface area contributed by atoms with Crippen molar-refractivity contribution in [1.29, 1.82) is 0 Å². The lowest BCUT2D eigenvalue weighted by Gasteiger charge is -2.28. The van der Waals surface area contributed by atoms with Crippen LogP contribution in [0.2, 0.25) is 0 Å². The fourth-order valence-electron chi connectivity index (χ4n) is 2.07. The number of carbonyl (C=O) groups excluding carboxylic acids is 1. The van der Waals surface area contributed by atoms with Crippen LogP contribution in [-0.4, -0.2) is 52.5 Å². The summed E-state index contributed by atoms with van der Waals surface area (Å²) >= 11 is 0. The Labute approximate surface area is 117 Å². The number of hydrogen-bond acceptors (Lipinski definition) is 5. The van der Waals surface area contributed by atoms with E-state index in [9.17, 15) is 13.2 Å².